The molecule has 1 atom stereocenters. The van der Waals surface area contributed by atoms with E-state index in [1.54, 1.807) is 4.90 Å². The van der Waals surface area contributed by atoms with Crippen LogP contribution in [0.3, 0.4) is 0 Å². The number of ether oxygens (including phenoxy) is 1. The number of hydrogen-bond acceptors (Lipinski definition) is 3. The lowest BCUT2D eigenvalue weighted by molar-refractivity contribution is -0.132. The minimum Gasteiger partial charge on any atom is -0.378 e. The van der Waals surface area contributed by atoms with Crippen LogP contribution < -0.4 is 5.32 Å². The highest BCUT2D eigenvalue weighted by Crippen LogP contribution is 2.14. The van der Waals surface area contributed by atoms with Crippen LogP contribution in [0.4, 0.5) is 4.79 Å². The SMILES string of the molecule is CC(C)C[C@@H](NC(=O)N1CCOCC1)C(=O)N1CCCC1. The van der Waals surface area contributed by atoms with E-state index >= 15 is 0 Å². The van der Waals surface area contributed by atoms with Gasteiger partial charge in [0.2, 0.25) is 5.91 Å². The number of nitrogens with zero attached hydrogens (tertiary/aromatic N) is 2. The molecule has 0 unspecified atom stereocenters. The van der Waals surface area contributed by atoms with Gasteiger partial charge in [-0.3, -0.25) is 4.79 Å². The number of carbonyl (C=O) groups is 2. The first-order valence-electron chi connectivity index (χ1n) is 8.00. The number of hydrogen-bond donors (Lipinski definition) is 1. The van der Waals surface area contributed by atoms with Crippen LogP contribution in [0.2, 0.25) is 0 Å². The third-order valence-corrected chi connectivity index (χ3v) is 4.02. The van der Waals surface area contributed by atoms with E-state index in [0.717, 1.165) is 25.9 Å². The lowest BCUT2D eigenvalue weighted by Gasteiger charge is -2.31. The Hall–Kier alpha value is -1.30. The second kappa shape index (κ2) is 7.64. The Morgan fingerprint density at radius 2 is 1.67 bits per heavy atom. The Morgan fingerprint density at radius 3 is 2.24 bits per heavy atom. The smallest absolute Gasteiger partial charge is 0.318 e. The molecule has 6 nitrogen and oxygen atoms in total. The first-order chi connectivity index (χ1) is 10.1. The van der Waals surface area contributed by atoms with E-state index in [4.69, 9.17) is 4.74 Å². The van der Waals surface area contributed by atoms with Gasteiger partial charge in [-0.25, -0.2) is 4.79 Å². The molecule has 3 amide bonds. The Morgan fingerprint density at radius 1 is 1.05 bits per heavy atom. The van der Waals surface area contributed by atoms with Crippen molar-refractivity contribution in [2.75, 3.05) is 39.4 Å². The molecule has 2 saturated heterocycles. The molecule has 6 heteroatoms. The summed E-state index contributed by atoms with van der Waals surface area (Å²) in [6.45, 7) is 8.12. The molecule has 0 bridgehead atoms. The summed E-state index contributed by atoms with van der Waals surface area (Å²) in [7, 11) is 0. The predicted molar refractivity (Wildman–Crippen MR) is 80.0 cm³/mol. The van der Waals surface area contributed by atoms with Crippen LogP contribution in [-0.4, -0.2) is 67.2 Å². The molecular formula is C15H27N3O3. The van der Waals surface area contributed by atoms with Crippen LogP contribution in [0.5, 0.6) is 0 Å². The largest absolute Gasteiger partial charge is 0.378 e. The monoisotopic (exact) mass is 297 g/mol. The predicted octanol–water partition coefficient (Wildman–Crippen LogP) is 1.07. The van der Waals surface area contributed by atoms with Gasteiger partial charge in [-0.05, 0) is 25.2 Å². The summed E-state index contributed by atoms with van der Waals surface area (Å²) in [6.07, 6.45) is 2.82. The van der Waals surface area contributed by atoms with Crippen LogP contribution in [0.15, 0.2) is 0 Å². The maximum atomic E-state index is 12.6. The van der Waals surface area contributed by atoms with Gasteiger partial charge in [0.05, 0.1) is 13.2 Å². The van der Waals surface area contributed by atoms with Gasteiger partial charge in [0, 0.05) is 26.2 Å². The fourth-order valence-electron chi connectivity index (χ4n) is 2.86. The van der Waals surface area contributed by atoms with Crippen molar-refractivity contribution in [1.82, 2.24) is 15.1 Å². The zero-order chi connectivity index (χ0) is 15.2. The summed E-state index contributed by atoms with van der Waals surface area (Å²) in [4.78, 5) is 28.5. The van der Waals surface area contributed by atoms with E-state index in [2.05, 4.69) is 19.2 Å². The molecule has 120 valence electrons. The average Bonchev–Trinajstić information content (AvgIpc) is 3.00. The molecule has 2 aliphatic rings. The van der Waals surface area contributed by atoms with Gasteiger partial charge in [-0.15, -0.1) is 0 Å². The van der Waals surface area contributed by atoms with Gasteiger partial charge in [0.15, 0.2) is 0 Å². The van der Waals surface area contributed by atoms with Crippen molar-refractivity contribution in [3.05, 3.63) is 0 Å². The van der Waals surface area contributed by atoms with E-state index in [1.165, 1.54) is 0 Å². The number of amides is 3. The Balaban J connectivity index is 1.94. The zero-order valence-corrected chi connectivity index (χ0v) is 13.1. The lowest BCUT2D eigenvalue weighted by Crippen LogP contribution is -2.54. The molecule has 2 heterocycles. The number of likely N-dealkylation sites (tertiary alicyclic amines) is 1. The minimum absolute atomic E-state index is 0.0720. The van der Waals surface area contributed by atoms with Crippen molar-refractivity contribution in [2.24, 2.45) is 5.92 Å². The molecule has 21 heavy (non-hydrogen) atoms. The molecule has 2 rings (SSSR count). The highest BCUT2D eigenvalue weighted by Gasteiger charge is 2.29. The molecule has 0 saturated carbocycles. The van der Waals surface area contributed by atoms with E-state index in [9.17, 15) is 9.59 Å². The summed E-state index contributed by atoms with van der Waals surface area (Å²) >= 11 is 0. The first kappa shape index (κ1) is 16.1. The Labute approximate surface area is 126 Å². The second-order valence-electron chi connectivity index (χ2n) is 6.26. The maximum absolute atomic E-state index is 12.6. The third kappa shape index (κ3) is 4.59. The van der Waals surface area contributed by atoms with Crippen molar-refractivity contribution < 1.29 is 14.3 Å². The van der Waals surface area contributed by atoms with E-state index < -0.39 is 6.04 Å². The normalized spacial score (nSPS) is 20.7. The quantitative estimate of drug-likeness (QED) is 0.844. The molecule has 0 aromatic heterocycles. The fraction of sp³-hybridized carbons (Fsp3) is 0.867. The van der Waals surface area contributed by atoms with Gasteiger partial charge in [-0.2, -0.15) is 0 Å². The summed E-state index contributed by atoms with van der Waals surface area (Å²) in [5.41, 5.74) is 0. The Bertz CT molecular complexity index is 361. The van der Waals surface area contributed by atoms with Gasteiger partial charge in [0.25, 0.3) is 0 Å². The van der Waals surface area contributed by atoms with Crippen molar-refractivity contribution in [3.63, 3.8) is 0 Å². The van der Waals surface area contributed by atoms with E-state index in [0.29, 0.717) is 38.6 Å². The van der Waals surface area contributed by atoms with Crippen molar-refractivity contribution in [2.45, 2.75) is 39.2 Å². The number of nitrogens with one attached hydrogen (secondary N) is 1. The van der Waals surface area contributed by atoms with Gasteiger partial charge >= 0.3 is 6.03 Å². The second-order valence-corrected chi connectivity index (χ2v) is 6.26. The van der Waals surface area contributed by atoms with E-state index in [1.807, 2.05) is 4.90 Å². The third-order valence-electron chi connectivity index (χ3n) is 4.02. The van der Waals surface area contributed by atoms with E-state index in [-0.39, 0.29) is 11.9 Å². The number of rotatable bonds is 4. The van der Waals surface area contributed by atoms with Gasteiger partial charge in [0.1, 0.15) is 6.04 Å². The molecule has 0 aromatic carbocycles. The summed E-state index contributed by atoms with van der Waals surface area (Å²) in [5.74, 6) is 0.439. The van der Waals surface area contributed by atoms with Crippen LogP contribution in [-0.2, 0) is 9.53 Å². The maximum Gasteiger partial charge on any atom is 0.318 e. The Kier molecular flexibility index (Phi) is 5.85. The first-order valence-corrected chi connectivity index (χ1v) is 8.00. The summed E-state index contributed by atoms with van der Waals surface area (Å²) in [5, 5.41) is 2.93. The van der Waals surface area contributed by atoms with Crippen LogP contribution in [0, 0.1) is 5.92 Å². The molecule has 0 spiro atoms. The molecule has 0 aromatic rings. The highest BCUT2D eigenvalue weighted by molar-refractivity contribution is 5.87. The van der Waals surface area contributed by atoms with Crippen molar-refractivity contribution in [1.29, 1.82) is 0 Å². The molecular weight excluding hydrogens is 270 g/mol. The molecule has 0 radical (unpaired) electrons. The van der Waals surface area contributed by atoms with Crippen molar-refractivity contribution in [3.8, 4) is 0 Å². The molecule has 0 aliphatic carbocycles. The van der Waals surface area contributed by atoms with Crippen LogP contribution in [0.1, 0.15) is 33.1 Å². The summed E-state index contributed by atoms with van der Waals surface area (Å²) in [6, 6.07) is -0.546. The topological polar surface area (TPSA) is 61.9 Å². The minimum atomic E-state index is -0.404. The molecule has 2 aliphatic heterocycles. The fourth-order valence-corrected chi connectivity index (χ4v) is 2.86. The lowest BCUT2D eigenvalue weighted by atomic mass is 10.0. The van der Waals surface area contributed by atoms with Crippen LogP contribution >= 0.6 is 0 Å². The van der Waals surface area contributed by atoms with Crippen LogP contribution in [0.25, 0.3) is 0 Å². The highest BCUT2D eigenvalue weighted by atomic mass is 16.5. The number of urea groups is 1. The number of morpholine rings is 1. The summed E-state index contributed by atoms with van der Waals surface area (Å²) < 4.78 is 5.25. The average molecular weight is 297 g/mol. The van der Waals surface area contributed by atoms with Gasteiger partial charge in [-0.1, -0.05) is 13.8 Å². The molecule has 1 N–H and O–H groups in total. The van der Waals surface area contributed by atoms with Crippen molar-refractivity contribution >= 4 is 11.9 Å². The standard InChI is InChI=1S/C15H27N3O3/c1-12(2)11-13(14(19)17-5-3-4-6-17)16-15(20)18-7-9-21-10-8-18/h12-13H,3-11H2,1-2H3,(H,16,20)/t13-/m1/s1. The van der Waals surface area contributed by atoms with Gasteiger partial charge < -0.3 is 19.9 Å². The number of carbonyl (C=O) groups excluding carboxylic acids is 2. The molecule has 2 fully saturated rings. The zero-order valence-electron chi connectivity index (χ0n) is 13.1.